The highest BCUT2D eigenvalue weighted by Gasteiger charge is 2.53. The highest BCUT2D eigenvalue weighted by Crippen LogP contribution is 2.37. The van der Waals surface area contributed by atoms with Gasteiger partial charge in [-0.3, -0.25) is 0 Å². The van der Waals surface area contributed by atoms with Crippen LogP contribution in [-0.4, -0.2) is 23.3 Å². The van der Waals surface area contributed by atoms with Gasteiger partial charge in [-0.2, -0.15) is 0 Å². The van der Waals surface area contributed by atoms with E-state index in [-0.39, 0.29) is 23.7 Å². The Morgan fingerprint density at radius 2 is 1.53 bits per heavy atom. The number of nitrogens with zero attached hydrogens (tertiary/aromatic N) is 1. The molecule has 106 valence electrons. The van der Waals surface area contributed by atoms with E-state index in [1.54, 1.807) is 11.3 Å². The lowest BCUT2D eigenvalue weighted by Crippen LogP contribution is -2.41. The molecule has 0 unspecified atom stereocenters. The molecular formula is C14H24BNO2S. The van der Waals surface area contributed by atoms with Crippen LogP contribution in [0.3, 0.4) is 0 Å². The van der Waals surface area contributed by atoms with Gasteiger partial charge in [-0.25, -0.2) is 4.98 Å². The molecule has 1 saturated heterocycles. The van der Waals surface area contributed by atoms with Gasteiger partial charge < -0.3 is 9.31 Å². The minimum atomic E-state index is -0.296. The summed E-state index contributed by atoms with van der Waals surface area (Å²) in [5, 5.41) is 1.13. The zero-order valence-corrected chi connectivity index (χ0v) is 14.1. The maximum absolute atomic E-state index is 6.11. The Kier molecular flexibility index (Phi) is 3.40. The monoisotopic (exact) mass is 281 g/mol. The van der Waals surface area contributed by atoms with Crippen LogP contribution in [-0.2, 0) is 14.7 Å². The second-order valence-electron chi connectivity index (χ2n) is 7.31. The highest BCUT2D eigenvalue weighted by molar-refractivity contribution is 7.22. The first-order valence-corrected chi connectivity index (χ1v) is 7.59. The Bertz CT molecular complexity index is 472. The van der Waals surface area contributed by atoms with Crippen molar-refractivity contribution in [2.24, 2.45) is 0 Å². The summed E-state index contributed by atoms with van der Waals surface area (Å²) >= 11 is 1.70. The molecule has 0 spiro atoms. The summed E-state index contributed by atoms with van der Waals surface area (Å²) in [4.78, 5) is 4.68. The topological polar surface area (TPSA) is 31.4 Å². The lowest BCUT2D eigenvalue weighted by atomic mass is 9.86. The van der Waals surface area contributed by atoms with E-state index < -0.39 is 0 Å². The van der Waals surface area contributed by atoms with Gasteiger partial charge in [0.2, 0.25) is 0 Å². The Morgan fingerprint density at radius 1 is 1.05 bits per heavy atom. The molecule has 0 radical (unpaired) electrons. The number of aryl methyl sites for hydroxylation is 1. The van der Waals surface area contributed by atoms with Gasteiger partial charge in [0.25, 0.3) is 0 Å². The minimum Gasteiger partial charge on any atom is -0.399 e. The second kappa shape index (κ2) is 4.30. The summed E-state index contributed by atoms with van der Waals surface area (Å²) in [5.41, 5.74) is 0.497. The third-order valence-electron chi connectivity index (χ3n) is 3.94. The Morgan fingerprint density at radius 3 is 1.89 bits per heavy atom. The maximum atomic E-state index is 6.11. The van der Waals surface area contributed by atoms with Crippen LogP contribution in [0.5, 0.6) is 0 Å². The molecule has 5 heteroatoms. The molecule has 2 rings (SSSR count). The van der Waals surface area contributed by atoms with Gasteiger partial charge in [-0.1, -0.05) is 20.8 Å². The predicted octanol–water partition coefficient (Wildman–Crippen LogP) is 3.05. The van der Waals surface area contributed by atoms with E-state index in [0.717, 1.165) is 15.5 Å². The van der Waals surface area contributed by atoms with Crippen molar-refractivity contribution in [3.05, 3.63) is 10.7 Å². The van der Waals surface area contributed by atoms with Gasteiger partial charge in [0.15, 0.2) is 0 Å². The smallest absolute Gasteiger partial charge is 0.399 e. The largest absolute Gasteiger partial charge is 0.507 e. The first-order valence-electron chi connectivity index (χ1n) is 6.77. The van der Waals surface area contributed by atoms with Crippen LogP contribution < -0.4 is 4.78 Å². The standard InChI is InChI=1S/C14H24BNO2S/c1-9-10(19-11(16-9)12(2,3)4)15-17-13(5,6)14(7,8)18-15/h1-8H3. The molecule has 1 aliphatic heterocycles. The summed E-state index contributed by atoms with van der Waals surface area (Å²) in [5.74, 6) is 0. The van der Waals surface area contributed by atoms with Crippen LogP contribution in [0.15, 0.2) is 0 Å². The second-order valence-corrected chi connectivity index (χ2v) is 8.34. The zero-order valence-electron chi connectivity index (χ0n) is 13.2. The number of hydrogen-bond acceptors (Lipinski definition) is 4. The molecule has 0 aromatic carbocycles. The van der Waals surface area contributed by atoms with Crippen molar-refractivity contribution < 1.29 is 9.31 Å². The summed E-state index contributed by atoms with van der Waals surface area (Å²) in [6, 6.07) is 0. The third kappa shape index (κ3) is 2.60. The molecule has 2 heterocycles. The fourth-order valence-corrected chi connectivity index (χ4v) is 2.98. The van der Waals surface area contributed by atoms with Crippen LogP contribution >= 0.6 is 11.3 Å². The van der Waals surface area contributed by atoms with Gasteiger partial charge in [-0.05, 0) is 34.6 Å². The van der Waals surface area contributed by atoms with E-state index >= 15 is 0 Å². The summed E-state index contributed by atoms with van der Waals surface area (Å²) in [7, 11) is -0.293. The van der Waals surface area contributed by atoms with Gasteiger partial charge >= 0.3 is 7.12 Å². The highest BCUT2D eigenvalue weighted by atomic mass is 32.1. The van der Waals surface area contributed by atoms with Crippen molar-refractivity contribution in [3.8, 4) is 0 Å². The molecule has 0 bridgehead atoms. The average Bonchev–Trinajstić information content (AvgIpc) is 2.65. The van der Waals surface area contributed by atoms with Crippen LogP contribution in [0.25, 0.3) is 0 Å². The predicted molar refractivity (Wildman–Crippen MR) is 81.3 cm³/mol. The van der Waals surface area contributed by atoms with Crippen LogP contribution in [0.4, 0.5) is 0 Å². The van der Waals surface area contributed by atoms with Gasteiger partial charge in [-0.15, -0.1) is 11.3 Å². The summed E-state index contributed by atoms with van der Waals surface area (Å²) in [6.07, 6.45) is 0. The van der Waals surface area contributed by atoms with Crippen LogP contribution in [0.1, 0.15) is 59.2 Å². The molecule has 0 aliphatic carbocycles. The normalized spacial score (nSPS) is 22.0. The van der Waals surface area contributed by atoms with Crippen molar-refractivity contribution in [3.63, 3.8) is 0 Å². The first-order chi connectivity index (χ1) is 8.44. The molecular weight excluding hydrogens is 257 g/mol. The Hall–Kier alpha value is -0.385. The number of hydrogen-bond donors (Lipinski definition) is 0. The summed E-state index contributed by atoms with van der Waals surface area (Å²) in [6.45, 7) is 16.9. The molecule has 0 saturated carbocycles. The Balaban J connectivity index is 2.33. The van der Waals surface area contributed by atoms with E-state index in [2.05, 4.69) is 53.5 Å². The van der Waals surface area contributed by atoms with E-state index in [1.165, 1.54) is 0 Å². The van der Waals surface area contributed by atoms with E-state index in [1.807, 2.05) is 6.92 Å². The maximum Gasteiger partial charge on any atom is 0.507 e. The number of rotatable bonds is 1. The fraction of sp³-hybridized carbons (Fsp3) is 0.786. The van der Waals surface area contributed by atoms with E-state index in [9.17, 15) is 0 Å². The van der Waals surface area contributed by atoms with Crippen molar-refractivity contribution in [2.75, 3.05) is 0 Å². The summed E-state index contributed by atoms with van der Waals surface area (Å²) < 4.78 is 13.3. The lowest BCUT2D eigenvalue weighted by Gasteiger charge is -2.32. The SMILES string of the molecule is Cc1nc(C(C)(C)C)sc1B1OC(C)(C)C(C)(C)O1. The molecule has 0 atom stereocenters. The lowest BCUT2D eigenvalue weighted by molar-refractivity contribution is 0.00578. The Labute approximate surface area is 120 Å². The van der Waals surface area contributed by atoms with Gasteiger partial charge in [0, 0.05) is 11.1 Å². The molecule has 1 aromatic rings. The zero-order chi connectivity index (χ0) is 14.6. The molecule has 0 N–H and O–H groups in total. The minimum absolute atomic E-state index is 0.0668. The van der Waals surface area contributed by atoms with Crippen LogP contribution in [0.2, 0.25) is 0 Å². The third-order valence-corrected chi connectivity index (χ3v) is 5.55. The molecule has 19 heavy (non-hydrogen) atoms. The quantitative estimate of drug-likeness (QED) is 0.741. The fourth-order valence-electron chi connectivity index (χ4n) is 1.90. The van der Waals surface area contributed by atoms with Crippen molar-refractivity contribution >= 4 is 23.2 Å². The van der Waals surface area contributed by atoms with E-state index in [4.69, 9.17) is 9.31 Å². The van der Waals surface area contributed by atoms with Crippen molar-refractivity contribution in [1.82, 2.24) is 4.98 Å². The molecule has 0 amide bonds. The molecule has 1 aromatic heterocycles. The van der Waals surface area contributed by atoms with Crippen molar-refractivity contribution in [2.45, 2.75) is 72.0 Å². The van der Waals surface area contributed by atoms with Crippen LogP contribution in [0, 0.1) is 6.92 Å². The number of thiazole rings is 1. The molecule has 3 nitrogen and oxygen atoms in total. The van der Waals surface area contributed by atoms with Gasteiger partial charge in [0.05, 0.1) is 21.0 Å². The van der Waals surface area contributed by atoms with E-state index in [0.29, 0.717) is 0 Å². The first kappa shape index (κ1) is 15.0. The average molecular weight is 281 g/mol. The molecule has 1 fully saturated rings. The number of aromatic nitrogens is 1. The van der Waals surface area contributed by atoms with Gasteiger partial charge in [0.1, 0.15) is 0 Å². The molecule has 1 aliphatic rings. The van der Waals surface area contributed by atoms with Crippen molar-refractivity contribution in [1.29, 1.82) is 0 Å².